The molecule has 0 aromatic heterocycles. The Kier molecular flexibility index (Phi) is 12.3. The summed E-state index contributed by atoms with van der Waals surface area (Å²) in [4.78, 5) is 0. The monoisotopic (exact) mass is 791 g/mol. The van der Waals surface area contributed by atoms with Crippen molar-refractivity contribution >= 4 is 0 Å². The summed E-state index contributed by atoms with van der Waals surface area (Å²) in [6, 6.07) is 10.8. The predicted octanol–water partition coefficient (Wildman–Crippen LogP) is 14.0. The summed E-state index contributed by atoms with van der Waals surface area (Å²) < 4.78 is 0. The van der Waals surface area contributed by atoms with Gasteiger partial charge in [-0.05, 0) is 144 Å². The maximum Gasteiger partial charge on any atom is 0.126 e. The molecule has 0 fully saturated rings. The van der Waals surface area contributed by atoms with Crippen LogP contribution in [0.1, 0.15) is 208 Å². The summed E-state index contributed by atoms with van der Waals surface area (Å²) in [7, 11) is 0. The van der Waals surface area contributed by atoms with Crippen molar-refractivity contribution in [1.82, 2.24) is 0 Å². The Morgan fingerprint density at radius 3 is 0.845 bits per heavy atom. The molecule has 4 nitrogen and oxygen atoms in total. The number of benzene rings is 4. The van der Waals surface area contributed by atoms with Crippen LogP contribution < -0.4 is 0 Å². The number of hydrogen-bond donors (Lipinski definition) is 4. The average Bonchev–Trinajstić information content (AvgIpc) is 3.02. The lowest BCUT2D eigenvalue weighted by molar-refractivity contribution is 0.394. The van der Waals surface area contributed by atoms with Crippen molar-refractivity contribution in [3.8, 4) is 23.0 Å². The maximum atomic E-state index is 12.1. The average molecular weight is 791 g/mol. The smallest absolute Gasteiger partial charge is 0.126 e. The second-order valence-corrected chi connectivity index (χ2v) is 23.6. The van der Waals surface area contributed by atoms with Crippen LogP contribution in [0.25, 0.3) is 0 Å². The van der Waals surface area contributed by atoms with E-state index in [4.69, 9.17) is 0 Å². The van der Waals surface area contributed by atoms with E-state index in [1.165, 1.54) is 33.4 Å². The van der Waals surface area contributed by atoms with Crippen molar-refractivity contribution in [2.24, 2.45) is 0 Å². The molecule has 0 bridgehead atoms. The molecule has 4 rings (SSSR count). The molecule has 0 radical (unpaired) electrons. The van der Waals surface area contributed by atoms with Gasteiger partial charge in [0.2, 0.25) is 0 Å². The van der Waals surface area contributed by atoms with Crippen LogP contribution >= 0.6 is 0 Å². The fourth-order valence-electron chi connectivity index (χ4n) is 8.80. The highest BCUT2D eigenvalue weighted by molar-refractivity contribution is 5.62. The summed E-state index contributed by atoms with van der Waals surface area (Å²) >= 11 is 0. The zero-order chi connectivity index (χ0) is 44.6. The van der Waals surface area contributed by atoms with E-state index < -0.39 is 5.41 Å². The minimum atomic E-state index is -0.485. The normalized spacial score (nSPS) is 13.4. The van der Waals surface area contributed by atoms with E-state index in [1.807, 2.05) is 26.8 Å². The standard InChI is InChI=1S/C54H78O4/c1-30-36(22-33-24-39(49(4,5)6)46(56)40(25-33)50(7,8)9)31(2)38(28-35-29-43(53(16,17)18)48(58)44(45(35)55)54(19,20)21)32(3)37(30)23-34-26-41(51(10,11)12)47(57)42(27-34)52(13,14)15/h24-27,29,55-58H,22-23,28H2,1-21H3. The fraction of sp³-hybridized carbons (Fsp3) is 0.556. The van der Waals surface area contributed by atoms with Gasteiger partial charge in [0.15, 0.2) is 0 Å². The zero-order valence-corrected chi connectivity index (χ0v) is 40.3. The van der Waals surface area contributed by atoms with E-state index in [0.717, 1.165) is 44.5 Å². The minimum Gasteiger partial charge on any atom is -0.507 e. The van der Waals surface area contributed by atoms with E-state index >= 15 is 0 Å². The summed E-state index contributed by atoms with van der Waals surface area (Å²) in [5.41, 5.74) is 13.8. The number of phenols is 4. The topological polar surface area (TPSA) is 80.9 Å². The minimum absolute atomic E-state index is 0.159. The van der Waals surface area contributed by atoms with Crippen molar-refractivity contribution < 1.29 is 20.4 Å². The number of aromatic hydroxyl groups is 4. The third-order valence-corrected chi connectivity index (χ3v) is 12.3. The highest BCUT2D eigenvalue weighted by atomic mass is 16.3. The van der Waals surface area contributed by atoms with Gasteiger partial charge in [-0.3, -0.25) is 0 Å². The first-order valence-electron chi connectivity index (χ1n) is 21.4. The van der Waals surface area contributed by atoms with Crippen LogP contribution in [0, 0.1) is 20.8 Å². The quantitative estimate of drug-likeness (QED) is 0.157. The summed E-state index contributed by atoms with van der Waals surface area (Å²) in [5.74, 6) is 1.09. The number of phenolic OH excluding ortho intramolecular Hbond substituents is 4. The van der Waals surface area contributed by atoms with Gasteiger partial charge in [-0.2, -0.15) is 0 Å². The summed E-state index contributed by atoms with van der Waals surface area (Å²) in [6.07, 6.45) is 1.87. The molecule has 0 unspecified atom stereocenters. The van der Waals surface area contributed by atoms with E-state index in [2.05, 4.69) is 149 Å². The Labute approximate surface area is 353 Å². The van der Waals surface area contributed by atoms with E-state index in [0.29, 0.717) is 36.3 Å². The number of hydrogen-bond acceptors (Lipinski definition) is 4. The SMILES string of the molecule is Cc1c(Cc2cc(C(C)(C)C)c(O)c(C(C)(C)C)c2)c(C)c(Cc2cc(C(C)(C)C)c(O)c(C(C)(C)C)c2O)c(C)c1Cc1cc(C(C)(C)C)c(O)c(C(C)(C)C)c1. The molecule has 4 aromatic carbocycles. The van der Waals surface area contributed by atoms with Gasteiger partial charge in [-0.15, -0.1) is 0 Å². The summed E-state index contributed by atoms with van der Waals surface area (Å²) in [5, 5.41) is 47.0. The van der Waals surface area contributed by atoms with E-state index in [1.54, 1.807) is 0 Å². The predicted molar refractivity (Wildman–Crippen MR) is 247 cm³/mol. The molecule has 318 valence electrons. The lowest BCUT2D eigenvalue weighted by Crippen LogP contribution is -2.19. The molecule has 0 aliphatic heterocycles. The molecule has 0 spiro atoms. The van der Waals surface area contributed by atoms with Crippen LogP contribution in [0.15, 0.2) is 30.3 Å². The second kappa shape index (κ2) is 15.3. The van der Waals surface area contributed by atoms with E-state index in [9.17, 15) is 20.4 Å². The van der Waals surface area contributed by atoms with Crippen LogP contribution in [0.3, 0.4) is 0 Å². The Morgan fingerprint density at radius 2 is 0.586 bits per heavy atom. The first-order chi connectivity index (χ1) is 26.0. The first kappa shape index (κ1) is 46.8. The van der Waals surface area contributed by atoms with Crippen molar-refractivity contribution in [3.05, 3.63) is 114 Å². The molecular formula is C54H78O4. The van der Waals surface area contributed by atoms with Crippen LogP contribution in [-0.4, -0.2) is 20.4 Å². The zero-order valence-electron chi connectivity index (χ0n) is 40.3. The van der Waals surface area contributed by atoms with Gasteiger partial charge in [0.05, 0.1) is 0 Å². The fourth-order valence-corrected chi connectivity index (χ4v) is 8.80. The van der Waals surface area contributed by atoms with Gasteiger partial charge in [0, 0.05) is 17.5 Å². The van der Waals surface area contributed by atoms with Crippen molar-refractivity contribution in [3.63, 3.8) is 0 Å². The third kappa shape index (κ3) is 9.42. The van der Waals surface area contributed by atoms with Crippen LogP contribution in [0.4, 0.5) is 0 Å². The molecule has 0 saturated carbocycles. The molecule has 0 amide bonds. The van der Waals surface area contributed by atoms with Gasteiger partial charge in [-0.25, -0.2) is 0 Å². The molecular weight excluding hydrogens is 713 g/mol. The van der Waals surface area contributed by atoms with Gasteiger partial charge in [0.25, 0.3) is 0 Å². The molecule has 0 aliphatic carbocycles. The molecule has 4 aromatic rings. The lowest BCUT2D eigenvalue weighted by Gasteiger charge is -2.31. The van der Waals surface area contributed by atoms with Gasteiger partial charge in [-0.1, -0.05) is 149 Å². The highest BCUT2D eigenvalue weighted by Crippen LogP contribution is 2.48. The Morgan fingerprint density at radius 1 is 0.328 bits per heavy atom. The van der Waals surface area contributed by atoms with Crippen LogP contribution in [0.2, 0.25) is 0 Å². The number of rotatable bonds is 6. The lowest BCUT2D eigenvalue weighted by atomic mass is 9.75. The van der Waals surface area contributed by atoms with Gasteiger partial charge >= 0.3 is 0 Å². The molecule has 0 aliphatic rings. The summed E-state index contributed by atoms with van der Waals surface area (Å²) in [6.45, 7) is 45.1. The van der Waals surface area contributed by atoms with E-state index in [-0.39, 0.29) is 38.6 Å². The largest absolute Gasteiger partial charge is 0.507 e. The molecule has 0 atom stereocenters. The van der Waals surface area contributed by atoms with Crippen molar-refractivity contribution in [2.75, 3.05) is 0 Å². The Bertz CT molecular complexity index is 2020. The van der Waals surface area contributed by atoms with Crippen LogP contribution in [-0.2, 0) is 51.8 Å². The molecule has 4 N–H and O–H groups in total. The molecule has 0 saturated heterocycles. The highest BCUT2D eigenvalue weighted by Gasteiger charge is 2.33. The van der Waals surface area contributed by atoms with Gasteiger partial charge in [0.1, 0.15) is 23.0 Å². The second-order valence-electron chi connectivity index (χ2n) is 23.6. The third-order valence-electron chi connectivity index (χ3n) is 12.3. The maximum absolute atomic E-state index is 12.1. The molecule has 4 heteroatoms. The van der Waals surface area contributed by atoms with Gasteiger partial charge < -0.3 is 20.4 Å². The Balaban J connectivity index is 2.13. The van der Waals surface area contributed by atoms with Crippen molar-refractivity contribution in [1.29, 1.82) is 0 Å². The van der Waals surface area contributed by atoms with Crippen LogP contribution in [0.5, 0.6) is 23.0 Å². The van der Waals surface area contributed by atoms with Crippen molar-refractivity contribution in [2.45, 2.75) is 197 Å². The molecule has 0 heterocycles. The Hall–Kier alpha value is -3.92. The first-order valence-corrected chi connectivity index (χ1v) is 21.4. The molecule has 58 heavy (non-hydrogen) atoms.